The standard InChI is InChI=1S/C18H22N4OS/c1-12-11-24-17(19-12)9-13-7-8-22(10-13)18(23)21-16-4-2-3-15(20-16)14-5-6-14/h2-4,11,13-14H,5-10H2,1H3,(H,20,21,23). The molecule has 0 radical (unpaired) electrons. The molecule has 1 saturated heterocycles. The van der Waals surface area contributed by atoms with Crippen LogP contribution < -0.4 is 5.32 Å². The van der Waals surface area contributed by atoms with E-state index in [1.54, 1.807) is 11.3 Å². The van der Waals surface area contributed by atoms with Gasteiger partial charge >= 0.3 is 6.03 Å². The van der Waals surface area contributed by atoms with Gasteiger partial charge in [0.25, 0.3) is 0 Å². The fourth-order valence-electron chi connectivity index (χ4n) is 3.24. The molecular formula is C18H22N4OS. The van der Waals surface area contributed by atoms with Gasteiger partial charge in [0, 0.05) is 42.2 Å². The van der Waals surface area contributed by atoms with Crippen molar-refractivity contribution >= 4 is 23.2 Å². The van der Waals surface area contributed by atoms with Crippen LogP contribution in [0.2, 0.25) is 0 Å². The minimum Gasteiger partial charge on any atom is -0.324 e. The van der Waals surface area contributed by atoms with Crippen LogP contribution in [0.3, 0.4) is 0 Å². The molecule has 2 aromatic heterocycles. The van der Waals surface area contributed by atoms with Gasteiger partial charge in [0.1, 0.15) is 5.82 Å². The number of amides is 2. The molecule has 3 heterocycles. The third-order valence-corrected chi connectivity index (χ3v) is 5.69. The molecule has 1 aliphatic carbocycles. The van der Waals surface area contributed by atoms with E-state index in [1.165, 1.54) is 17.8 Å². The lowest BCUT2D eigenvalue weighted by molar-refractivity contribution is 0.220. The Labute approximate surface area is 146 Å². The average molecular weight is 342 g/mol. The van der Waals surface area contributed by atoms with E-state index >= 15 is 0 Å². The summed E-state index contributed by atoms with van der Waals surface area (Å²) in [5.41, 5.74) is 2.19. The topological polar surface area (TPSA) is 58.1 Å². The summed E-state index contributed by atoms with van der Waals surface area (Å²) in [5.74, 6) is 1.77. The largest absolute Gasteiger partial charge is 0.324 e. The number of anilines is 1. The predicted molar refractivity (Wildman–Crippen MR) is 95.5 cm³/mol. The van der Waals surface area contributed by atoms with Crippen molar-refractivity contribution in [3.63, 3.8) is 0 Å². The van der Waals surface area contributed by atoms with Crippen molar-refractivity contribution in [2.75, 3.05) is 18.4 Å². The Hall–Kier alpha value is -1.95. The van der Waals surface area contributed by atoms with Crippen LogP contribution >= 0.6 is 11.3 Å². The summed E-state index contributed by atoms with van der Waals surface area (Å²) in [5, 5.41) is 6.23. The van der Waals surface area contributed by atoms with E-state index in [2.05, 4.69) is 26.7 Å². The monoisotopic (exact) mass is 342 g/mol. The number of pyridine rings is 1. The molecule has 1 saturated carbocycles. The maximum Gasteiger partial charge on any atom is 0.323 e. The molecule has 5 nitrogen and oxygen atoms in total. The van der Waals surface area contributed by atoms with E-state index < -0.39 is 0 Å². The van der Waals surface area contributed by atoms with Crippen molar-refractivity contribution < 1.29 is 4.79 Å². The number of carbonyl (C=O) groups excluding carboxylic acids is 1. The number of nitrogens with one attached hydrogen (secondary N) is 1. The summed E-state index contributed by atoms with van der Waals surface area (Å²) in [4.78, 5) is 23.5. The van der Waals surface area contributed by atoms with Gasteiger partial charge in [-0.05, 0) is 44.2 Å². The minimum atomic E-state index is -0.0340. The Balaban J connectivity index is 1.33. The van der Waals surface area contributed by atoms with Crippen LogP contribution in [0.5, 0.6) is 0 Å². The summed E-state index contributed by atoms with van der Waals surface area (Å²) < 4.78 is 0. The number of hydrogen-bond acceptors (Lipinski definition) is 4. The maximum atomic E-state index is 12.5. The molecule has 1 N–H and O–H groups in total. The number of rotatable bonds is 4. The third kappa shape index (κ3) is 3.59. The van der Waals surface area contributed by atoms with Crippen LogP contribution in [0.4, 0.5) is 10.6 Å². The first-order chi connectivity index (χ1) is 11.7. The lowest BCUT2D eigenvalue weighted by atomic mass is 10.1. The molecule has 0 bridgehead atoms. The molecule has 2 aromatic rings. The highest BCUT2D eigenvalue weighted by Gasteiger charge is 2.28. The number of carbonyl (C=O) groups is 1. The van der Waals surface area contributed by atoms with Crippen LogP contribution in [0.15, 0.2) is 23.6 Å². The number of hydrogen-bond donors (Lipinski definition) is 1. The molecule has 2 amide bonds. The third-order valence-electron chi connectivity index (χ3n) is 4.70. The molecular weight excluding hydrogens is 320 g/mol. The lowest BCUT2D eigenvalue weighted by Crippen LogP contribution is -2.33. The molecule has 0 spiro atoms. The van der Waals surface area contributed by atoms with Crippen molar-refractivity contribution in [1.29, 1.82) is 0 Å². The zero-order valence-corrected chi connectivity index (χ0v) is 14.7. The highest BCUT2D eigenvalue weighted by atomic mass is 32.1. The van der Waals surface area contributed by atoms with Crippen molar-refractivity contribution in [3.8, 4) is 0 Å². The van der Waals surface area contributed by atoms with Crippen LogP contribution in [-0.2, 0) is 6.42 Å². The highest BCUT2D eigenvalue weighted by Crippen LogP contribution is 2.39. The van der Waals surface area contributed by atoms with Crippen molar-refractivity contribution in [3.05, 3.63) is 40.0 Å². The minimum absolute atomic E-state index is 0.0340. The van der Waals surface area contributed by atoms with Gasteiger partial charge in [0.15, 0.2) is 0 Å². The van der Waals surface area contributed by atoms with Crippen molar-refractivity contribution in [1.82, 2.24) is 14.9 Å². The zero-order chi connectivity index (χ0) is 16.5. The van der Waals surface area contributed by atoms with Gasteiger partial charge in [-0.1, -0.05) is 6.07 Å². The lowest BCUT2D eigenvalue weighted by Gasteiger charge is -2.17. The van der Waals surface area contributed by atoms with Gasteiger partial charge in [-0.15, -0.1) is 11.3 Å². The van der Waals surface area contributed by atoms with E-state index in [1.807, 2.05) is 24.0 Å². The van der Waals surface area contributed by atoms with Crippen LogP contribution in [0.25, 0.3) is 0 Å². The van der Waals surface area contributed by atoms with Gasteiger partial charge in [-0.2, -0.15) is 0 Å². The predicted octanol–water partition coefficient (Wildman–Crippen LogP) is 3.82. The maximum absolute atomic E-state index is 12.5. The second-order valence-electron chi connectivity index (χ2n) is 6.84. The molecule has 1 aliphatic heterocycles. The average Bonchev–Trinajstić information content (AvgIpc) is 3.19. The number of thiazole rings is 1. The quantitative estimate of drug-likeness (QED) is 0.919. The Morgan fingerprint density at radius 2 is 2.21 bits per heavy atom. The SMILES string of the molecule is Cc1csc(CC2CCN(C(=O)Nc3cccc(C4CC4)n3)C2)n1. The first-order valence-corrected chi connectivity index (χ1v) is 9.49. The second kappa shape index (κ2) is 6.51. The molecule has 4 rings (SSSR count). The number of nitrogens with zero attached hydrogens (tertiary/aromatic N) is 3. The van der Waals surface area contributed by atoms with Crippen molar-refractivity contribution in [2.45, 2.75) is 38.5 Å². The Morgan fingerprint density at radius 1 is 1.33 bits per heavy atom. The molecule has 1 atom stereocenters. The Morgan fingerprint density at radius 3 is 2.96 bits per heavy atom. The molecule has 2 fully saturated rings. The number of aryl methyl sites for hydroxylation is 1. The number of likely N-dealkylation sites (tertiary alicyclic amines) is 1. The number of aromatic nitrogens is 2. The van der Waals surface area contributed by atoms with Gasteiger partial charge in [0.2, 0.25) is 0 Å². The summed E-state index contributed by atoms with van der Waals surface area (Å²) >= 11 is 1.72. The fourth-order valence-corrected chi connectivity index (χ4v) is 4.13. The molecule has 1 unspecified atom stereocenters. The van der Waals surface area contributed by atoms with Gasteiger partial charge in [-0.25, -0.2) is 14.8 Å². The molecule has 6 heteroatoms. The summed E-state index contributed by atoms with van der Waals surface area (Å²) in [6, 6.07) is 5.87. The number of urea groups is 1. The smallest absolute Gasteiger partial charge is 0.323 e. The van der Waals surface area contributed by atoms with E-state index in [9.17, 15) is 4.79 Å². The van der Waals surface area contributed by atoms with E-state index in [4.69, 9.17) is 0 Å². The van der Waals surface area contributed by atoms with Gasteiger partial charge < -0.3 is 4.90 Å². The summed E-state index contributed by atoms with van der Waals surface area (Å²) in [6.45, 7) is 3.63. The highest BCUT2D eigenvalue weighted by molar-refractivity contribution is 7.09. The summed E-state index contributed by atoms with van der Waals surface area (Å²) in [7, 11) is 0. The Kier molecular flexibility index (Phi) is 4.22. The molecule has 24 heavy (non-hydrogen) atoms. The van der Waals surface area contributed by atoms with Crippen LogP contribution in [0, 0.1) is 12.8 Å². The molecule has 126 valence electrons. The first kappa shape index (κ1) is 15.6. The van der Waals surface area contributed by atoms with E-state index in [0.29, 0.717) is 17.7 Å². The molecule has 0 aromatic carbocycles. The zero-order valence-electron chi connectivity index (χ0n) is 13.9. The van der Waals surface area contributed by atoms with Crippen LogP contribution in [0.1, 0.15) is 41.6 Å². The Bertz CT molecular complexity index is 740. The first-order valence-electron chi connectivity index (χ1n) is 8.61. The molecule has 2 aliphatic rings. The summed E-state index contributed by atoms with van der Waals surface area (Å²) in [6.07, 6.45) is 4.45. The second-order valence-corrected chi connectivity index (χ2v) is 7.78. The van der Waals surface area contributed by atoms with E-state index in [0.717, 1.165) is 37.3 Å². The van der Waals surface area contributed by atoms with Gasteiger partial charge in [-0.3, -0.25) is 5.32 Å². The van der Waals surface area contributed by atoms with Crippen LogP contribution in [-0.4, -0.2) is 34.0 Å². The van der Waals surface area contributed by atoms with Crippen molar-refractivity contribution in [2.24, 2.45) is 5.92 Å². The fraction of sp³-hybridized carbons (Fsp3) is 0.500. The van der Waals surface area contributed by atoms with Gasteiger partial charge in [0.05, 0.1) is 5.01 Å². The normalized spacial score (nSPS) is 20.4. The van der Waals surface area contributed by atoms with E-state index in [-0.39, 0.29) is 6.03 Å².